The number of carbonyl (C=O) groups excluding carboxylic acids is 1. The Morgan fingerprint density at radius 1 is 1.42 bits per heavy atom. The van der Waals surface area contributed by atoms with Gasteiger partial charge in [-0.1, -0.05) is 44.8 Å². The van der Waals surface area contributed by atoms with E-state index in [-0.39, 0.29) is 11.3 Å². The van der Waals surface area contributed by atoms with E-state index < -0.39 is 0 Å². The largest absolute Gasteiger partial charge is 0.293 e. The molecule has 2 aromatic rings. The summed E-state index contributed by atoms with van der Waals surface area (Å²) in [5.74, 6) is 0.738. The van der Waals surface area contributed by atoms with Gasteiger partial charge in [-0.25, -0.2) is 9.42 Å². The Balaban J connectivity index is 2.12. The molecule has 0 unspecified atom stereocenters. The summed E-state index contributed by atoms with van der Waals surface area (Å²) >= 11 is 6.53. The van der Waals surface area contributed by atoms with E-state index in [1.807, 2.05) is 6.07 Å². The number of aromatic amines is 1. The molecule has 3 heterocycles. The lowest BCUT2D eigenvalue weighted by molar-refractivity contribution is -0.115. The van der Waals surface area contributed by atoms with Crippen molar-refractivity contribution in [3.63, 3.8) is 0 Å². The number of nitrogens with zero attached hydrogens (tertiary/aromatic N) is 4. The molecule has 19 heavy (non-hydrogen) atoms. The lowest BCUT2D eigenvalue weighted by Gasteiger charge is -2.16. The van der Waals surface area contributed by atoms with Gasteiger partial charge in [-0.2, -0.15) is 0 Å². The van der Waals surface area contributed by atoms with Gasteiger partial charge >= 0.3 is 0 Å². The van der Waals surface area contributed by atoms with Crippen molar-refractivity contribution in [2.45, 2.75) is 26.2 Å². The molecular formula is C11H13N5OS2. The van der Waals surface area contributed by atoms with Gasteiger partial charge in [0.25, 0.3) is 5.95 Å². The van der Waals surface area contributed by atoms with Gasteiger partial charge < -0.3 is 0 Å². The molecule has 1 aliphatic rings. The van der Waals surface area contributed by atoms with E-state index in [2.05, 4.69) is 36.1 Å². The Morgan fingerprint density at radius 3 is 2.74 bits per heavy atom. The summed E-state index contributed by atoms with van der Waals surface area (Å²) in [4.78, 5) is 13.3. The van der Waals surface area contributed by atoms with Crippen LogP contribution in [0, 0.1) is 0 Å². The summed E-state index contributed by atoms with van der Waals surface area (Å²) in [7, 11) is 0. The fourth-order valence-electron chi connectivity index (χ4n) is 1.85. The molecule has 6 nitrogen and oxygen atoms in total. The molecule has 1 aliphatic heterocycles. The summed E-state index contributed by atoms with van der Waals surface area (Å²) < 4.78 is 2.22. The number of carbonyl (C=O) groups is 1. The summed E-state index contributed by atoms with van der Waals surface area (Å²) in [5.41, 5.74) is 1.69. The average Bonchev–Trinajstić information content (AvgIpc) is 2.93. The Labute approximate surface area is 119 Å². The van der Waals surface area contributed by atoms with Crippen molar-refractivity contribution in [3.05, 3.63) is 11.8 Å². The van der Waals surface area contributed by atoms with Crippen LogP contribution in [0.5, 0.6) is 0 Å². The highest BCUT2D eigenvalue weighted by atomic mass is 32.2. The maximum absolute atomic E-state index is 11.9. The van der Waals surface area contributed by atoms with E-state index in [1.165, 1.54) is 16.7 Å². The second-order valence-electron chi connectivity index (χ2n) is 5.40. The van der Waals surface area contributed by atoms with Crippen molar-refractivity contribution in [2.75, 3.05) is 10.7 Å². The normalized spacial score (nSPS) is 16.9. The highest BCUT2D eigenvalue weighted by Gasteiger charge is 2.32. The molecule has 8 heteroatoms. The molecule has 0 spiro atoms. The van der Waals surface area contributed by atoms with Gasteiger partial charge in [0.2, 0.25) is 5.91 Å². The quantitative estimate of drug-likeness (QED) is 0.811. The van der Waals surface area contributed by atoms with Crippen LogP contribution >= 0.6 is 24.0 Å². The molecule has 100 valence electrons. The number of aromatic nitrogens is 4. The van der Waals surface area contributed by atoms with E-state index in [0.29, 0.717) is 21.7 Å². The summed E-state index contributed by atoms with van der Waals surface area (Å²) in [6.07, 6.45) is 0. The number of thioether (sulfide) groups is 1. The van der Waals surface area contributed by atoms with Gasteiger partial charge in [0, 0.05) is 17.2 Å². The van der Waals surface area contributed by atoms with Crippen LogP contribution in [-0.2, 0) is 10.2 Å². The molecule has 0 atom stereocenters. The second-order valence-corrected chi connectivity index (χ2v) is 7.01. The third-order valence-corrected chi connectivity index (χ3v) is 4.29. The fraction of sp³-hybridized carbons (Fsp3) is 0.455. The Kier molecular flexibility index (Phi) is 2.68. The first kappa shape index (κ1) is 12.6. The maximum atomic E-state index is 11.9. The number of hydrogen-bond acceptors (Lipinski definition) is 5. The molecule has 0 saturated carbocycles. The van der Waals surface area contributed by atoms with E-state index in [0.717, 1.165) is 5.69 Å². The monoisotopic (exact) mass is 295 g/mol. The Bertz CT molecular complexity index is 665. The van der Waals surface area contributed by atoms with Crippen molar-refractivity contribution in [1.82, 2.24) is 19.8 Å². The minimum absolute atomic E-state index is 0.0255. The summed E-state index contributed by atoms with van der Waals surface area (Å²) in [6, 6.07) is 1.94. The molecule has 1 amide bonds. The summed E-state index contributed by atoms with van der Waals surface area (Å²) in [5, 5.41) is 11.4. The number of thiocarbonyl (C=S) groups is 1. The van der Waals surface area contributed by atoms with Crippen LogP contribution in [0.15, 0.2) is 6.07 Å². The van der Waals surface area contributed by atoms with Crippen LogP contribution in [0.1, 0.15) is 26.5 Å². The molecular weight excluding hydrogens is 282 g/mol. The van der Waals surface area contributed by atoms with Gasteiger partial charge in [-0.15, -0.1) is 10.2 Å². The fourth-order valence-corrected chi connectivity index (χ4v) is 2.90. The first-order valence-corrected chi connectivity index (χ1v) is 7.21. The lowest BCUT2D eigenvalue weighted by atomic mass is 9.93. The van der Waals surface area contributed by atoms with Crippen LogP contribution in [0.3, 0.4) is 0 Å². The number of hydrogen-bond donors (Lipinski definition) is 1. The summed E-state index contributed by atoms with van der Waals surface area (Å²) in [6.45, 7) is 6.31. The third kappa shape index (κ3) is 1.95. The van der Waals surface area contributed by atoms with Gasteiger partial charge in [0.15, 0.2) is 9.97 Å². The van der Waals surface area contributed by atoms with Crippen LogP contribution in [0.2, 0.25) is 0 Å². The molecule has 0 aliphatic carbocycles. The van der Waals surface area contributed by atoms with Crippen LogP contribution < -0.4 is 4.90 Å². The van der Waals surface area contributed by atoms with Crippen molar-refractivity contribution < 1.29 is 4.79 Å². The van der Waals surface area contributed by atoms with Crippen molar-refractivity contribution in [3.8, 4) is 0 Å². The number of amides is 1. The molecule has 0 bridgehead atoms. The first-order chi connectivity index (χ1) is 8.88. The zero-order chi connectivity index (χ0) is 13.8. The van der Waals surface area contributed by atoms with E-state index >= 15 is 0 Å². The van der Waals surface area contributed by atoms with Gasteiger partial charge in [0.05, 0.1) is 5.75 Å². The minimum Gasteiger partial charge on any atom is -0.293 e. The highest BCUT2D eigenvalue weighted by molar-refractivity contribution is 8.24. The average molecular weight is 295 g/mol. The van der Waals surface area contributed by atoms with Gasteiger partial charge in [-0.05, 0) is 0 Å². The topological polar surface area (TPSA) is 66.3 Å². The number of H-pyrrole nitrogens is 1. The predicted octanol–water partition coefficient (Wildman–Crippen LogP) is 1.72. The second kappa shape index (κ2) is 4.04. The number of nitrogens with one attached hydrogen (secondary N) is 1. The first-order valence-electron chi connectivity index (χ1n) is 5.82. The van der Waals surface area contributed by atoms with E-state index in [1.54, 1.807) is 4.52 Å². The van der Waals surface area contributed by atoms with E-state index in [4.69, 9.17) is 12.2 Å². The number of anilines is 1. The highest BCUT2D eigenvalue weighted by Crippen LogP contribution is 2.27. The zero-order valence-corrected chi connectivity index (χ0v) is 12.4. The van der Waals surface area contributed by atoms with Gasteiger partial charge in [0.1, 0.15) is 0 Å². The van der Waals surface area contributed by atoms with Gasteiger partial charge in [-0.3, -0.25) is 9.89 Å². The molecule has 1 fully saturated rings. The number of rotatable bonds is 1. The van der Waals surface area contributed by atoms with Crippen LogP contribution in [0.25, 0.3) is 5.65 Å². The smallest absolute Gasteiger partial charge is 0.259 e. The number of fused-ring (bicyclic) bond motifs is 1. The predicted molar refractivity (Wildman–Crippen MR) is 78.6 cm³/mol. The molecule has 1 N–H and O–H groups in total. The Morgan fingerprint density at radius 2 is 2.16 bits per heavy atom. The van der Waals surface area contributed by atoms with Crippen molar-refractivity contribution in [2.24, 2.45) is 0 Å². The van der Waals surface area contributed by atoms with E-state index in [9.17, 15) is 4.79 Å². The van der Waals surface area contributed by atoms with Crippen molar-refractivity contribution in [1.29, 1.82) is 0 Å². The zero-order valence-electron chi connectivity index (χ0n) is 10.8. The van der Waals surface area contributed by atoms with Crippen molar-refractivity contribution >= 4 is 45.8 Å². The molecule has 3 rings (SSSR count). The standard InChI is InChI=1S/C11H13N5OS2/c1-11(2,3)6-4-7-12-13-9(16(7)14-6)15-8(17)5-19-10(15)18/h4,14H,5H2,1-3H3. The lowest BCUT2D eigenvalue weighted by Crippen LogP contribution is -2.30. The maximum Gasteiger partial charge on any atom is 0.259 e. The molecule has 0 aromatic carbocycles. The molecule has 0 radical (unpaired) electrons. The minimum atomic E-state index is -0.0591. The van der Waals surface area contributed by atoms with Crippen LogP contribution in [0.4, 0.5) is 5.95 Å². The Hall–Kier alpha value is -1.41. The SMILES string of the molecule is CC(C)(C)c1cc2nnc(N3C(=O)CSC3=S)n2[nH]1. The third-order valence-electron chi connectivity index (χ3n) is 2.94. The molecule has 1 saturated heterocycles. The van der Waals surface area contributed by atoms with Crippen LogP contribution in [-0.4, -0.2) is 35.8 Å². The molecule has 2 aromatic heterocycles.